The standard InChI is InChI=1S/C47H33N3.C2H6/c1-47(2)40-23-9-6-18-35(40)36-27-26-32(29-41(36)47)31-16-12-17-33(28-31)34-21-13-22-38-37-19-8-11-25-43(37)50(45(34)38)46-48-42-24-10-7-20-39(42)44(49-46)30-14-4-3-5-15-30;1-2/h3-29H,1-2H3;1-2H3. The summed E-state index contributed by atoms with van der Waals surface area (Å²) in [6.45, 7) is 8.69. The van der Waals surface area contributed by atoms with Crippen LogP contribution < -0.4 is 0 Å². The van der Waals surface area contributed by atoms with Gasteiger partial charge in [0.05, 0.1) is 22.2 Å². The molecule has 0 unspecified atom stereocenters. The van der Waals surface area contributed by atoms with Crippen molar-refractivity contribution in [2.45, 2.75) is 33.1 Å². The first-order valence-corrected chi connectivity index (χ1v) is 18.3. The predicted octanol–water partition coefficient (Wildman–Crippen LogP) is 13.1. The number of benzene rings is 7. The molecule has 2 aromatic heterocycles. The van der Waals surface area contributed by atoms with E-state index in [9.17, 15) is 0 Å². The maximum Gasteiger partial charge on any atom is 0.235 e. The minimum absolute atomic E-state index is 0.0511. The largest absolute Gasteiger partial charge is 0.277 e. The first-order chi connectivity index (χ1) is 25.6. The molecule has 1 aliphatic carbocycles. The highest BCUT2D eigenvalue weighted by Gasteiger charge is 2.35. The van der Waals surface area contributed by atoms with E-state index >= 15 is 0 Å². The lowest BCUT2D eigenvalue weighted by Gasteiger charge is -2.22. The van der Waals surface area contributed by atoms with Gasteiger partial charge in [-0.25, -0.2) is 9.97 Å². The van der Waals surface area contributed by atoms with E-state index in [1.807, 2.05) is 19.9 Å². The molecule has 3 heteroatoms. The van der Waals surface area contributed by atoms with E-state index in [4.69, 9.17) is 9.97 Å². The van der Waals surface area contributed by atoms with E-state index in [1.54, 1.807) is 0 Å². The lowest BCUT2D eigenvalue weighted by atomic mass is 9.81. The van der Waals surface area contributed by atoms with Crippen LogP contribution in [0.4, 0.5) is 0 Å². The normalized spacial score (nSPS) is 12.8. The van der Waals surface area contributed by atoms with Crippen LogP contribution in [0.25, 0.3) is 83.3 Å². The van der Waals surface area contributed by atoms with Gasteiger partial charge in [-0.1, -0.05) is 167 Å². The molecule has 0 N–H and O–H groups in total. The molecule has 0 spiro atoms. The van der Waals surface area contributed by atoms with Gasteiger partial charge in [-0.15, -0.1) is 0 Å². The lowest BCUT2D eigenvalue weighted by molar-refractivity contribution is 0.660. The Morgan fingerprint density at radius 2 is 1.06 bits per heavy atom. The van der Waals surface area contributed by atoms with Crippen LogP contribution in [0.3, 0.4) is 0 Å². The summed E-state index contributed by atoms with van der Waals surface area (Å²) in [6.07, 6.45) is 0. The number of para-hydroxylation sites is 3. The maximum atomic E-state index is 5.33. The van der Waals surface area contributed by atoms with E-state index in [-0.39, 0.29) is 5.41 Å². The van der Waals surface area contributed by atoms with Gasteiger partial charge >= 0.3 is 0 Å². The fourth-order valence-electron chi connectivity index (χ4n) is 8.19. The van der Waals surface area contributed by atoms with Crippen molar-refractivity contribution in [1.82, 2.24) is 14.5 Å². The monoisotopic (exact) mass is 669 g/mol. The molecule has 10 rings (SSSR count). The molecule has 2 heterocycles. The van der Waals surface area contributed by atoms with Crippen LogP contribution >= 0.6 is 0 Å². The summed E-state index contributed by atoms with van der Waals surface area (Å²) in [4.78, 5) is 10.5. The van der Waals surface area contributed by atoms with Crippen LogP contribution in [-0.2, 0) is 5.41 Å². The van der Waals surface area contributed by atoms with Crippen LogP contribution in [0.5, 0.6) is 0 Å². The van der Waals surface area contributed by atoms with Gasteiger partial charge in [-0.2, -0.15) is 0 Å². The Balaban J connectivity index is 0.00000177. The molecule has 0 saturated carbocycles. The third-order valence-corrected chi connectivity index (χ3v) is 10.6. The van der Waals surface area contributed by atoms with Crippen molar-refractivity contribution >= 4 is 32.7 Å². The summed E-state index contributed by atoms with van der Waals surface area (Å²) in [5, 5.41) is 3.40. The Morgan fingerprint density at radius 3 is 1.92 bits per heavy atom. The van der Waals surface area contributed by atoms with Crippen molar-refractivity contribution < 1.29 is 0 Å². The Bertz CT molecular complexity index is 2790. The van der Waals surface area contributed by atoms with Crippen molar-refractivity contribution in [2.75, 3.05) is 0 Å². The topological polar surface area (TPSA) is 30.7 Å². The zero-order valence-electron chi connectivity index (χ0n) is 29.9. The summed E-state index contributed by atoms with van der Waals surface area (Å²) in [6, 6.07) is 58.8. The quantitative estimate of drug-likeness (QED) is 0.187. The van der Waals surface area contributed by atoms with Crippen molar-refractivity contribution in [1.29, 1.82) is 0 Å². The SMILES string of the molecule is CC.CC1(C)c2ccccc2-c2ccc(-c3cccc(-c4cccc5c6ccccc6n(-c6nc(-c7ccccc7)c7ccccc7n6)c45)c3)cc21. The molecule has 0 bridgehead atoms. The van der Waals surface area contributed by atoms with E-state index < -0.39 is 0 Å². The minimum Gasteiger partial charge on any atom is -0.277 e. The van der Waals surface area contributed by atoms with Crippen molar-refractivity contribution in [3.8, 4) is 50.6 Å². The van der Waals surface area contributed by atoms with E-state index in [1.165, 1.54) is 44.2 Å². The van der Waals surface area contributed by atoms with Gasteiger partial charge < -0.3 is 0 Å². The smallest absolute Gasteiger partial charge is 0.235 e. The molecule has 0 aliphatic heterocycles. The molecule has 7 aromatic carbocycles. The molecule has 0 amide bonds. The Hall–Kier alpha value is -6.32. The highest BCUT2D eigenvalue weighted by molar-refractivity contribution is 6.14. The van der Waals surface area contributed by atoms with Crippen LogP contribution in [0.15, 0.2) is 164 Å². The average molecular weight is 670 g/mol. The number of nitrogens with zero attached hydrogens (tertiary/aromatic N) is 3. The highest BCUT2D eigenvalue weighted by atomic mass is 15.2. The van der Waals surface area contributed by atoms with Gasteiger partial charge in [0.15, 0.2) is 0 Å². The molecule has 9 aromatic rings. The van der Waals surface area contributed by atoms with Crippen LogP contribution in [-0.4, -0.2) is 14.5 Å². The van der Waals surface area contributed by atoms with Gasteiger partial charge in [0, 0.05) is 32.7 Å². The van der Waals surface area contributed by atoms with Gasteiger partial charge in [-0.3, -0.25) is 4.57 Å². The highest BCUT2D eigenvalue weighted by Crippen LogP contribution is 2.49. The number of aromatic nitrogens is 3. The van der Waals surface area contributed by atoms with Crippen LogP contribution in [0, 0.1) is 0 Å². The maximum absolute atomic E-state index is 5.33. The number of hydrogen-bond donors (Lipinski definition) is 0. The Kier molecular flexibility index (Phi) is 7.59. The Morgan fingerprint density at radius 1 is 0.442 bits per heavy atom. The van der Waals surface area contributed by atoms with Crippen molar-refractivity contribution in [3.05, 3.63) is 175 Å². The third-order valence-electron chi connectivity index (χ3n) is 10.6. The fraction of sp³-hybridized carbons (Fsp3) is 0.102. The molecular formula is C49H39N3. The second kappa shape index (κ2) is 12.5. The van der Waals surface area contributed by atoms with E-state index in [0.717, 1.165) is 44.3 Å². The van der Waals surface area contributed by atoms with Crippen molar-refractivity contribution in [2.24, 2.45) is 0 Å². The molecule has 52 heavy (non-hydrogen) atoms. The molecular weight excluding hydrogens is 631 g/mol. The first kappa shape index (κ1) is 31.6. The molecule has 3 nitrogen and oxygen atoms in total. The Labute approximate surface area is 304 Å². The second-order valence-corrected chi connectivity index (χ2v) is 13.8. The third kappa shape index (κ3) is 4.88. The predicted molar refractivity (Wildman–Crippen MR) is 219 cm³/mol. The summed E-state index contributed by atoms with van der Waals surface area (Å²) >= 11 is 0. The summed E-state index contributed by atoms with van der Waals surface area (Å²) in [7, 11) is 0. The molecule has 250 valence electrons. The zero-order valence-corrected chi connectivity index (χ0v) is 29.9. The molecule has 0 saturated heterocycles. The van der Waals surface area contributed by atoms with Gasteiger partial charge in [0.1, 0.15) is 0 Å². The van der Waals surface area contributed by atoms with E-state index in [0.29, 0.717) is 5.95 Å². The molecule has 0 atom stereocenters. The summed E-state index contributed by atoms with van der Waals surface area (Å²) in [5.41, 5.74) is 15.2. The molecule has 0 radical (unpaired) electrons. The minimum atomic E-state index is -0.0511. The average Bonchev–Trinajstić information content (AvgIpc) is 3.67. The molecule has 0 fully saturated rings. The zero-order chi connectivity index (χ0) is 35.4. The van der Waals surface area contributed by atoms with E-state index in [2.05, 4.69) is 176 Å². The fourth-order valence-corrected chi connectivity index (χ4v) is 8.19. The lowest BCUT2D eigenvalue weighted by Crippen LogP contribution is -2.14. The van der Waals surface area contributed by atoms with Gasteiger partial charge in [0.2, 0.25) is 5.95 Å². The van der Waals surface area contributed by atoms with Crippen molar-refractivity contribution in [3.63, 3.8) is 0 Å². The first-order valence-electron chi connectivity index (χ1n) is 18.3. The number of fused-ring (bicyclic) bond motifs is 7. The number of rotatable bonds is 4. The van der Waals surface area contributed by atoms with Gasteiger partial charge in [-0.05, 0) is 63.2 Å². The van der Waals surface area contributed by atoms with Crippen LogP contribution in [0.2, 0.25) is 0 Å². The van der Waals surface area contributed by atoms with Crippen LogP contribution in [0.1, 0.15) is 38.8 Å². The summed E-state index contributed by atoms with van der Waals surface area (Å²) < 4.78 is 2.26. The second-order valence-electron chi connectivity index (χ2n) is 13.8. The number of hydrogen-bond acceptors (Lipinski definition) is 2. The summed E-state index contributed by atoms with van der Waals surface area (Å²) in [5.74, 6) is 0.665. The van der Waals surface area contributed by atoms with Gasteiger partial charge in [0.25, 0.3) is 0 Å². The molecule has 1 aliphatic rings.